The zero-order valence-corrected chi connectivity index (χ0v) is 16.3. The topological polar surface area (TPSA) is 74.4 Å². The quantitative estimate of drug-likeness (QED) is 0.510. The highest BCUT2D eigenvalue weighted by atomic mass is 16.6. The molecule has 1 saturated carbocycles. The molecule has 3 rings (SSSR count). The van der Waals surface area contributed by atoms with Gasteiger partial charge in [0.25, 0.3) is 5.56 Å². The van der Waals surface area contributed by atoms with E-state index in [-0.39, 0.29) is 29.7 Å². The van der Waals surface area contributed by atoms with Gasteiger partial charge in [0.15, 0.2) is 0 Å². The fraction of sp³-hybridized carbons (Fsp3) is 0.500. The van der Waals surface area contributed by atoms with Gasteiger partial charge in [0.2, 0.25) is 6.54 Å². The fourth-order valence-electron chi connectivity index (χ4n) is 4.04. The lowest BCUT2D eigenvalue weighted by Gasteiger charge is -2.30. The number of ether oxygens (including phenoxy) is 1. The number of nitro groups is 1. The van der Waals surface area contributed by atoms with Crippen LogP contribution >= 0.6 is 0 Å². The third-order valence-electron chi connectivity index (χ3n) is 5.66. The largest absolute Gasteiger partial charge is 0.376 e. The van der Waals surface area contributed by atoms with E-state index >= 15 is 0 Å². The summed E-state index contributed by atoms with van der Waals surface area (Å²) >= 11 is 0. The molecule has 1 aliphatic rings. The Labute approximate surface area is 165 Å². The molecule has 1 unspecified atom stereocenters. The summed E-state index contributed by atoms with van der Waals surface area (Å²) in [4.78, 5) is 23.3. The first-order chi connectivity index (χ1) is 13.6. The van der Waals surface area contributed by atoms with E-state index in [9.17, 15) is 14.9 Å². The molecular weight excluding hydrogens is 356 g/mol. The Morgan fingerprint density at radius 3 is 2.50 bits per heavy atom. The molecule has 2 aromatic rings. The molecule has 0 N–H and O–H groups in total. The van der Waals surface area contributed by atoms with Gasteiger partial charge in [0.05, 0.1) is 12.7 Å². The molecule has 28 heavy (non-hydrogen) atoms. The van der Waals surface area contributed by atoms with E-state index in [0.717, 1.165) is 25.7 Å². The molecule has 1 atom stereocenters. The van der Waals surface area contributed by atoms with E-state index in [0.29, 0.717) is 17.9 Å². The first-order valence-corrected chi connectivity index (χ1v) is 10.1. The monoisotopic (exact) mass is 384 g/mol. The molecule has 6 nitrogen and oxygen atoms in total. The van der Waals surface area contributed by atoms with Crippen molar-refractivity contribution in [2.45, 2.75) is 57.1 Å². The van der Waals surface area contributed by atoms with Crippen LogP contribution in [0.15, 0.2) is 53.5 Å². The zero-order chi connectivity index (χ0) is 19.9. The normalized spacial score (nSPS) is 20.6. The van der Waals surface area contributed by atoms with Crippen LogP contribution in [0, 0.1) is 10.1 Å². The van der Waals surface area contributed by atoms with E-state index in [1.54, 1.807) is 18.3 Å². The molecule has 1 aliphatic carbocycles. The van der Waals surface area contributed by atoms with Gasteiger partial charge < -0.3 is 9.30 Å². The molecule has 0 bridgehead atoms. The van der Waals surface area contributed by atoms with Crippen molar-refractivity contribution in [1.82, 2.24) is 4.57 Å². The molecule has 0 radical (unpaired) electrons. The summed E-state index contributed by atoms with van der Waals surface area (Å²) in [7, 11) is 0. The average molecular weight is 384 g/mol. The summed E-state index contributed by atoms with van der Waals surface area (Å²) < 4.78 is 7.52. The van der Waals surface area contributed by atoms with Gasteiger partial charge in [0, 0.05) is 16.7 Å². The van der Waals surface area contributed by atoms with Crippen molar-refractivity contribution in [2.75, 3.05) is 13.2 Å². The second-order valence-electron chi connectivity index (χ2n) is 7.49. The minimum atomic E-state index is -0.583. The van der Waals surface area contributed by atoms with Gasteiger partial charge in [-0.15, -0.1) is 0 Å². The Kier molecular flexibility index (Phi) is 6.98. The smallest absolute Gasteiger partial charge is 0.254 e. The third-order valence-corrected chi connectivity index (χ3v) is 5.66. The summed E-state index contributed by atoms with van der Waals surface area (Å²) in [5, 5.41) is 11.1. The second kappa shape index (κ2) is 9.64. The van der Waals surface area contributed by atoms with Crippen LogP contribution in [0.5, 0.6) is 0 Å². The molecule has 0 amide bonds. The molecule has 6 heteroatoms. The predicted molar refractivity (Wildman–Crippen MR) is 108 cm³/mol. The number of rotatable bonds is 8. The highest BCUT2D eigenvalue weighted by Gasteiger charge is 2.26. The summed E-state index contributed by atoms with van der Waals surface area (Å²) in [6.45, 7) is 1.78. The molecule has 1 fully saturated rings. The minimum absolute atomic E-state index is 0.0966. The second-order valence-corrected chi connectivity index (χ2v) is 7.49. The molecule has 0 spiro atoms. The van der Waals surface area contributed by atoms with Crippen LogP contribution in [0.3, 0.4) is 0 Å². The van der Waals surface area contributed by atoms with Gasteiger partial charge >= 0.3 is 0 Å². The van der Waals surface area contributed by atoms with Crippen molar-refractivity contribution in [3.8, 4) is 0 Å². The molecule has 1 aromatic carbocycles. The van der Waals surface area contributed by atoms with Gasteiger partial charge in [-0.05, 0) is 49.7 Å². The number of aromatic nitrogens is 1. The number of hydrogen-bond acceptors (Lipinski definition) is 4. The van der Waals surface area contributed by atoms with Gasteiger partial charge in [0.1, 0.15) is 6.04 Å². The van der Waals surface area contributed by atoms with Crippen molar-refractivity contribution < 1.29 is 9.66 Å². The highest BCUT2D eigenvalue weighted by molar-refractivity contribution is 5.20. The molecule has 0 aliphatic heterocycles. The summed E-state index contributed by atoms with van der Waals surface area (Å²) in [5.74, 6) is 0.555. The number of benzene rings is 1. The SMILES string of the molecule is CCc1cccn(C(COC2CCC(c3ccccc3)CC2)C[N+](=O)[O-])c1=O. The number of nitrogens with zero attached hydrogens (tertiary/aromatic N) is 2. The zero-order valence-electron chi connectivity index (χ0n) is 16.3. The van der Waals surface area contributed by atoms with Crippen LogP contribution < -0.4 is 5.56 Å². The van der Waals surface area contributed by atoms with Crippen LogP contribution in [0.1, 0.15) is 55.7 Å². The lowest BCUT2D eigenvalue weighted by molar-refractivity contribution is -0.487. The maximum Gasteiger partial charge on any atom is 0.254 e. The van der Waals surface area contributed by atoms with E-state index < -0.39 is 6.04 Å². The Hall–Kier alpha value is -2.47. The average Bonchev–Trinajstić information content (AvgIpc) is 2.72. The molecule has 0 saturated heterocycles. The molecule has 150 valence electrons. The Morgan fingerprint density at radius 1 is 1.14 bits per heavy atom. The molecule has 1 heterocycles. The van der Waals surface area contributed by atoms with Crippen molar-refractivity contribution in [1.29, 1.82) is 0 Å². The lowest BCUT2D eigenvalue weighted by atomic mass is 9.83. The third kappa shape index (κ3) is 5.07. The van der Waals surface area contributed by atoms with E-state index in [1.807, 2.05) is 13.0 Å². The highest BCUT2D eigenvalue weighted by Crippen LogP contribution is 2.34. The number of hydrogen-bond donors (Lipinski definition) is 0. The van der Waals surface area contributed by atoms with Crippen LogP contribution in [0.2, 0.25) is 0 Å². The summed E-state index contributed by atoms with van der Waals surface area (Å²) in [5.41, 5.74) is 1.88. The minimum Gasteiger partial charge on any atom is -0.376 e. The van der Waals surface area contributed by atoms with E-state index in [1.165, 1.54) is 10.1 Å². The molecular formula is C22H28N2O4. The first kappa shape index (κ1) is 20.3. The van der Waals surface area contributed by atoms with Crippen molar-refractivity contribution in [3.05, 3.63) is 80.3 Å². The lowest BCUT2D eigenvalue weighted by Crippen LogP contribution is -2.34. The number of pyridine rings is 1. The van der Waals surface area contributed by atoms with Crippen LogP contribution in [-0.4, -0.2) is 28.7 Å². The maximum atomic E-state index is 12.6. The van der Waals surface area contributed by atoms with Crippen LogP contribution in [0.4, 0.5) is 0 Å². The van der Waals surface area contributed by atoms with Gasteiger partial charge in [-0.25, -0.2) is 0 Å². The van der Waals surface area contributed by atoms with Gasteiger partial charge in [-0.2, -0.15) is 0 Å². The predicted octanol–water partition coefficient (Wildman–Crippen LogP) is 3.97. The van der Waals surface area contributed by atoms with Crippen LogP contribution in [0.25, 0.3) is 0 Å². The van der Waals surface area contributed by atoms with Crippen LogP contribution in [-0.2, 0) is 11.2 Å². The fourth-order valence-corrected chi connectivity index (χ4v) is 4.04. The van der Waals surface area contributed by atoms with Crippen molar-refractivity contribution >= 4 is 0 Å². The van der Waals surface area contributed by atoms with E-state index in [2.05, 4.69) is 24.3 Å². The first-order valence-electron chi connectivity index (χ1n) is 10.1. The van der Waals surface area contributed by atoms with Crippen molar-refractivity contribution in [2.24, 2.45) is 0 Å². The number of aryl methyl sites for hydroxylation is 1. The summed E-state index contributed by atoms with van der Waals surface area (Å²) in [6, 6.07) is 13.5. The van der Waals surface area contributed by atoms with Crippen molar-refractivity contribution in [3.63, 3.8) is 0 Å². The van der Waals surface area contributed by atoms with Gasteiger partial charge in [-0.1, -0.05) is 43.3 Å². The Bertz CT molecular complexity index is 826. The maximum absolute atomic E-state index is 12.6. The molecule has 1 aromatic heterocycles. The standard InChI is InChI=1S/C22H28N2O4/c1-2-17-9-6-14-23(22(17)25)20(15-24(26)27)16-28-21-12-10-19(11-13-21)18-7-4-3-5-8-18/h3-9,14,19-21H,2,10-13,15-16H2,1H3. The Balaban J connectivity index is 1.61. The van der Waals surface area contributed by atoms with Gasteiger partial charge in [-0.3, -0.25) is 14.9 Å². The van der Waals surface area contributed by atoms with E-state index in [4.69, 9.17) is 4.74 Å². The Morgan fingerprint density at radius 2 is 1.86 bits per heavy atom. The summed E-state index contributed by atoms with van der Waals surface area (Å²) in [6.07, 6.45) is 6.32.